The minimum Gasteiger partial charge on any atom is -0.481 e. The number of hydrogen-bond acceptors (Lipinski definition) is 4. The van der Waals surface area contributed by atoms with Gasteiger partial charge in [-0.1, -0.05) is 30.3 Å². The summed E-state index contributed by atoms with van der Waals surface area (Å²) in [5, 5.41) is 16.1. The number of amides is 3. The summed E-state index contributed by atoms with van der Waals surface area (Å²) in [5.74, 6) is -2.43. The van der Waals surface area contributed by atoms with Gasteiger partial charge in [0.1, 0.15) is 0 Å². The van der Waals surface area contributed by atoms with E-state index in [2.05, 4.69) is 16.0 Å². The summed E-state index contributed by atoms with van der Waals surface area (Å²) in [4.78, 5) is 44.8. The van der Waals surface area contributed by atoms with Gasteiger partial charge in [0.15, 0.2) is 0 Å². The molecule has 0 saturated carbocycles. The third-order valence-electron chi connectivity index (χ3n) is 2.86. The monoisotopic (exact) mass is 321 g/mol. The van der Waals surface area contributed by atoms with Gasteiger partial charge < -0.3 is 21.1 Å². The minimum absolute atomic E-state index is 0.222. The summed E-state index contributed by atoms with van der Waals surface area (Å²) in [6.45, 7) is 0.748. The number of carboxylic acids is 1. The Morgan fingerprint density at radius 3 is 2.17 bits per heavy atom. The lowest BCUT2D eigenvalue weighted by molar-refractivity contribution is -0.138. The topological polar surface area (TPSA) is 125 Å². The summed E-state index contributed by atoms with van der Waals surface area (Å²) in [7, 11) is 0. The Bertz CT molecular complexity index is 574. The van der Waals surface area contributed by atoms with E-state index >= 15 is 0 Å². The number of carbonyl (C=O) groups is 4. The first-order valence-electron chi connectivity index (χ1n) is 6.95. The summed E-state index contributed by atoms with van der Waals surface area (Å²) < 4.78 is 0. The van der Waals surface area contributed by atoms with Crippen molar-refractivity contribution in [3.63, 3.8) is 0 Å². The van der Waals surface area contributed by atoms with Crippen LogP contribution < -0.4 is 16.0 Å². The van der Waals surface area contributed by atoms with E-state index in [1.54, 1.807) is 30.3 Å². The van der Waals surface area contributed by atoms with Crippen molar-refractivity contribution < 1.29 is 24.3 Å². The molecule has 0 saturated heterocycles. The first kappa shape index (κ1) is 18.1. The van der Waals surface area contributed by atoms with Crippen LogP contribution in [-0.2, 0) is 19.2 Å². The Balaban J connectivity index is 2.52. The molecular formula is C15H19N3O5. The Labute approximate surface area is 133 Å². The van der Waals surface area contributed by atoms with Gasteiger partial charge in [-0.3, -0.25) is 19.2 Å². The van der Waals surface area contributed by atoms with Crippen molar-refractivity contribution in [3.8, 4) is 0 Å². The molecule has 0 aliphatic heterocycles. The predicted molar refractivity (Wildman–Crippen MR) is 81.3 cm³/mol. The molecule has 0 aliphatic rings. The van der Waals surface area contributed by atoms with Gasteiger partial charge in [0.25, 0.3) is 0 Å². The molecule has 8 heteroatoms. The van der Waals surface area contributed by atoms with E-state index in [-0.39, 0.29) is 25.4 Å². The van der Waals surface area contributed by atoms with Gasteiger partial charge in [-0.2, -0.15) is 0 Å². The van der Waals surface area contributed by atoms with Gasteiger partial charge in [-0.15, -0.1) is 0 Å². The Morgan fingerprint density at radius 2 is 1.61 bits per heavy atom. The summed E-state index contributed by atoms with van der Waals surface area (Å²) in [6.07, 6.45) is -0.268. The Morgan fingerprint density at radius 1 is 1.00 bits per heavy atom. The minimum atomic E-state index is -1.05. The van der Waals surface area contributed by atoms with Crippen molar-refractivity contribution in [2.75, 3.05) is 13.1 Å². The molecule has 0 fully saturated rings. The molecule has 23 heavy (non-hydrogen) atoms. The van der Waals surface area contributed by atoms with Crippen LogP contribution in [0.4, 0.5) is 0 Å². The fourth-order valence-electron chi connectivity index (χ4n) is 1.80. The summed E-state index contributed by atoms with van der Waals surface area (Å²) >= 11 is 0. The fourth-order valence-corrected chi connectivity index (χ4v) is 1.80. The molecule has 0 bridgehead atoms. The zero-order chi connectivity index (χ0) is 17.2. The van der Waals surface area contributed by atoms with Gasteiger partial charge in [0.05, 0.1) is 25.6 Å². The normalized spacial score (nSPS) is 11.2. The quantitative estimate of drug-likeness (QED) is 0.517. The highest BCUT2D eigenvalue weighted by molar-refractivity contribution is 5.88. The van der Waals surface area contributed by atoms with Crippen LogP contribution in [-0.4, -0.2) is 41.9 Å². The van der Waals surface area contributed by atoms with Crippen LogP contribution in [0.25, 0.3) is 0 Å². The Hall–Kier alpha value is -2.90. The highest BCUT2D eigenvalue weighted by Crippen LogP contribution is 2.16. The standard InChI is InChI=1S/C15H19N3O5/c1-10(19)16-8-13(20)17-9-14(21)18-12(7-15(22)23)11-5-3-2-4-6-11/h2-6,12H,7-9H2,1H3,(H,16,19)(H,17,20)(H,18,21)(H,22,23). The SMILES string of the molecule is CC(=O)NCC(=O)NCC(=O)NC(CC(=O)O)c1ccccc1. The van der Waals surface area contributed by atoms with Gasteiger partial charge in [0.2, 0.25) is 17.7 Å². The number of nitrogens with one attached hydrogen (secondary N) is 3. The van der Waals surface area contributed by atoms with Crippen molar-refractivity contribution in [3.05, 3.63) is 35.9 Å². The molecule has 0 radical (unpaired) electrons. The molecule has 1 aromatic carbocycles. The molecule has 0 heterocycles. The first-order valence-corrected chi connectivity index (χ1v) is 6.95. The molecule has 1 atom stereocenters. The van der Waals surface area contributed by atoms with Crippen molar-refractivity contribution >= 4 is 23.7 Å². The third kappa shape index (κ3) is 7.60. The van der Waals surface area contributed by atoms with E-state index in [1.165, 1.54) is 6.92 Å². The lowest BCUT2D eigenvalue weighted by Gasteiger charge is -2.17. The van der Waals surface area contributed by atoms with Gasteiger partial charge in [0, 0.05) is 6.92 Å². The van der Waals surface area contributed by atoms with Gasteiger partial charge >= 0.3 is 5.97 Å². The number of hydrogen-bond donors (Lipinski definition) is 4. The van der Waals surface area contributed by atoms with E-state index in [4.69, 9.17) is 5.11 Å². The number of carbonyl (C=O) groups excluding carboxylic acids is 3. The van der Waals surface area contributed by atoms with Crippen molar-refractivity contribution in [1.82, 2.24) is 16.0 Å². The van der Waals surface area contributed by atoms with Crippen LogP contribution in [0.3, 0.4) is 0 Å². The van der Waals surface area contributed by atoms with Crippen LogP contribution in [0.5, 0.6) is 0 Å². The molecule has 124 valence electrons. The average molecular weight is 321 g/mol. The van der Waals surface area contributed by atoms with Gasteiger partial charge in [-0.05, 0) is 5.56 Å². The van der Waals surface area contributed by atoms with E-state index < -0.39 is 23.8 Å². The summed E-state index contributed by atoms with van der Waals surface area (Å²) in [6, 6.07) is 8.00. The summed E-state index contributed by atoms with van der Waals surface area (Å²) in [5.41, 5.74) is 0.660. The number of benzene rings is 1. The first-order chi connectivity index (χ1) is 10.9. The van der Waals surface area contributed by atoms with E-state index in [0.717, 1.165) is 0 Å². The highest BCUT2D eigenvalue weighted by atomic mass is 16.4. The van der Waals surface area contributed by atoms with Crippen LogP contribution in [0, 0.1) is 0 Å². The van der Waals surface area contributed by atoms with Crippen LogP contribution >= 0.6 is 0 Å². The maximum absolute atomic E-state index is 11.8. The molecule has 0 spiro atoms. The lowest BCUT2D eigenvalue weighted by Crippen LogP contribution is -2.42. The fraction of sp³-hybridized carbons (Fsp3) is 0.333. The predicted octanol–water partition coefficient (Wildman–Crippen LogP) is -0.429. The second-order valence-electron chi connectivity index (χ2n) is 4.82. The molecule has 3 amide bonds. The molecular weight excluding hydrogens is 302 g/mol. The molecule has 1 rings (SSSR count). The average Bonchev–Trinajstić information content (AvgIpc) is 2.50. The zero-order valence-electron chi connectivity index (χ0n) is 12.7. The van der Waals surface area contributed by atoms with Crippen LogP contribution in [0.15, 0.2) is 30.3 Å². The van der Waals surface area contributed by atoms with Crippen molar-refractivity contribution in [2.24, 2.45) is 0 Å². The van der Waals surface area contributed by atoms with Crippen molar-refractivity contribution in [2.45, 2.75) is 19.4 Å². The lowest BCUT2D eigenvalue weighted by atomic mass is 10.0. The molecule has 0 aromatic heterocycles. The second-order valence-corrected chi connectivity index (χ2v) is 4.82. The molecule has 8 nitrogen and oxygen atoms in total. The second kappa shape index (κ2) is 9.19. The number of rotatable bonds is 8. The zero-order valence-corrected chi connectivity index (χ0v) is 12.7. The van der Waals surface area contributed by atoms with E-state index in [9.17, 15) is 19.2 Å². The number of aliphatic carboxylic acids is 1. The van der Waals surface area contributed by atoms with Crippen LogP contribution in [0.2, 0.25) is 0 Å². The van der Waals surface area contributed by atoms with E-state index in [1.807, 2.05) is 0 Å². The maximum atomic E-state index is 11.8. The van der Waals surface area contributed by atoms with Gasteiger partial charge in [-0.25, -0.2) is 0 Å². The van der Waals surface area contributed by atoms with Crippen molar-refractivity contribution in [1.29, 1.82) is 0 Å². The molecule has 4 N–H and O–H groups in total. The van der Waals surface area contributed by atoms with E-state index in [0.29, 0.717) is 5.56 Å². The number of carboxylic acid groups (broad SMARTS) is 1. The molecule has 0 aliphatic carbocycles. The highest BCUT2D eigenvalue weighted by Gasteiger charge is 2.18. The smallest absolute Gasteiger partial charge is 0.305 e. The maximum Gasteiger partial charge on any atom is 0.305 e. The molecule has 1 aromatic rings. The third-order valence-corrected chi connectivity index (χ3v) is 2.86. The Kier molecular flexibility index (Phi) is 7.25. The largest absolute Gasteiger partial charge is 0.481 e. The molecule has 1 unspecified atom stereocenters. The van der Waals surface area contributed by atoms with Crippen LogP contribution in [0.1, 0.15) is 24.9 Å².